The number of halogens is 5. The summed E-state index contributed by atoms with van der Waals surface area (Å²) >= 11 is 5.65. The molecular weight excluding hydrogens is 296 g/mol. The number of hydrogen-bond acceptors (Lipinski definition) is 1. The van der Waals surface area contributed by atoms with Gasteiger partial charge in [0.15, 0.2) is 17.4 Å². The Bertz CT molecular complexity index is 653. The number of carbonyl (C=O) groups is 1. The molecule has 0 saturated heterocycles. The first-order valence-corrected chi connectivity index (χ1v) is 5.84. The Balaban J connectivity index is 2.57. The lowest BCUT2D eigenvalue weighted by atomic mass is 10.0. The highest BCUT2D eigenvalue weighted by atomic mass is 35.5. The topological polar surface area (TPSA) is 17.1 Å². The number of benzene rings is 2. The normalized spacial score (nSPS) is 10.7. The zero-order valence-corrected chi connectivity index (χ0v) is 10.9. The van der Waals surface area contributed by atoms with Gasteiger partial charge in [-0.1, -0.05) is 11.6 Å². The van der Waals surface area contributed by atoms with Crippen LogP contribution < -0.4 is 0 Å². The van der Waals surface area contributed by atoms with Crippen molar-refractivity contribution in [2.24, 2.45) is 0 Å². The summed E-state index contributed by atoms with van der Waals surface area (Å²) in [7, 11) is 0. The SMILES string of the molecule is Cc1cc(C(=O)c2cc(F)c(F)cc2Cl)c(F)cc1F. The van der Waals surface area contributed by atoms with Crippen LogP contribution in [0.25, 0.3) is 0 Å². The zero-order chi connectivity index (χ0) is 15.0. The highest BCUT2D eigenvalue weighted by Crippen LogP contribution is 2.25. The average Bonchev–Trinajstić information content (AvgIpc) is 2.37. The van der Waals surface area contributed by atoms with Crippen LogP contribution in [0.15, 0.2) is 24.3 Å². The molecule has 0 amide bonds. The van der Waals surface area contributed by atoms with Gasteiger partial charge in [0.1, 0.15) is 11.6 Å². The predicted molar refractivity (Wildman–Crippen MR) is 65.9 cm³/mol. The summed E-state index contributed by atoms with van der Waals surface area (Å²) in [6.45, 7) is 1.35. The fourth-order valence-electron chi connectivity index (χ4n) is 1.67. The van der Waals surface area contributed by atoms with Crippen LogP contribution >= 0.6 is 11.6 Å². The predicted octanol–water partition coefficient (Wildman–Crippen LogP) is 4.44. The van der Waals surface area contributed by atoms with Crippen LogP contribution in [0.1, 0.15) is 21.5 Å². The molecule has 0 radical (unpaired) electrons. The highest BCUT2D eigenvalue weighted by Gasteiger charge is 2.20. The van der Waals surface area contributed by atoms with Gasteiger partial charge in [-0.05, 0) is 30.7 Å². The molecule has 6 heteroatoms. The van der Waals surface area contributed by atoms with Crippen molar-refractivity contribution >= 4 is 17.4 Å². The molecule has 20 heavy (non-hydrogen) atoms. The first kappa shape index (κ1) is 14.5. The van der Waals surface area contributed by atoms with Gasteiger partial charge in [0.2, 0.25) is 0 Å². The third-order valence-corrected chi connectivity index (χ3v) is 3.06. The Morgan fingerprint density at radius 3 is 2.10 bits per heavy atom. The minimum Gasteiger partial charge on any atom is -0.288 e. The Hall–Kier alpha value is -1.88. The van der Waals surface area contributed by atoms with E-state index in [-0.39, 0.29) is 10.6 Å². The molecule has 0 N–H and O–H groups in total. The van der Waals surface area contributed by atoms with Gasteiger partial charge in [0, 0.05) is 11.6 Å². The number of hydrogen-bond donors (Lipinski definition) is 0. The van der Waals surface area contributed by atoms with Crippen LogP contribution in [0.4, 0.5) is 17.6 Å². The van der Waals surface area contributed by atoms with E-state index in [1.807, 2.05) is 0 Å². The molecule has 0 aromatic heterocycles. The second-order valence-electron chi connectivity index (χ2n) is 4.16. The molecule has 0 heterocycles. The molecule has 2 aromatic carbocycles. The van der Waals surface area contributed by atoms with Gasteiger partial charge in [0.25, 0.3) is 0 Å². The van der Waals surface area contributed by atoms with Crippen LogP contribution in [0.2, 0.25) is 5.02 Å². The average molecular weight is 303 g/mol. The first-order chi connectivity index (χ1) is 9.31. The van der Waals surface area contributed by atoms with Crippen molar-refractivity contribution < 1.29 is 22.4 Å². The van der Waals surface area contributed by atoms with Gasteiger partial charge in [-0.3, -0.25) is 4.79 Å². The molecule has 0 saturated carbocycles. The summed E-state index contributed by atoms with van der Waals surface area (Å²) in [4.78, 5) is 12.1. The second-order valence-corrected chi connectivity index (χ2v) is 4.56. The van der Waals surface area contributed by atoms with Gasteiger partial charge in [-0.25, -0.2) is 17.6 Å². The van der Waals surface area contributed by atoms with Crippen molar-refractivity contribution in [3.63, 3.8) is 0 Å². The van der Waals surface area contributed by atoms with E-state index in [1.54, 1.807) is 0 Å². The molecule has 0 fully saturated rings. The smallest absolute Gasteiger partial charge is 0.197 e. The lowest BCUT2D eigenvalue weighted by Crippen LogP contribution is -2.07. The van der Waals surface area contributed by atoms with Crippen LogP contribution in [0, 0.1) is 30.2 Å². The summed E-state index contributed by atoms with van der Waals surface area (Å²) < 4.78 is 52.8. The summed E-state index contributed by atoms with van der Waals surface area (Å²) in [5, 5.41) is -0.352. The standard InChI is InChI=1S/C14H7ClF4O/c1-6-2-8(11(17)5-10(6)16)14(20)7-3-12(18)13(19)4-9(7)15/h2-5H,1H3. The summed E-state index contributed by atoms with van der Waals surface area (Å²) in [5.41, 5.74) is -0.805. The maximum Gasteiger partial charge on any atom is 0.197 e. The van der Waals surface area contributed by atoms with Gasteiger partial charge in [-0.15, -0.1) is 0 Å². The molecule has 0 atom stereocenters. The van der Waals surface area contributed by atoms with Crippen LogP contribution in [-0.2, 0) is 0 Å². The van der Waals surface area contributed by atoms with Crippen molar-refractivity contribution in [2.75, 3.05) is 0 Å². The third kappa shape index (κ3) is 2.54. The quantitative estimate of drug-likeness (QED) is 0.455. The largest absolute Gasteiger partial charge is 0.288 e. The zero-order valence-electron chi connectivity index (χ0n) is 10.1. The van der Waals surface area contributed by atoms with Gasteiger partial charge >= 0.3 is 0 Å². The second kappa shape index (κ2) is 5.25. The van der Waals surface area contributed by atoms with E-state index in [9.17, 15) is 22.4 Å². The van der Waals surface area contributed by atoms with Crippen LogP contribution in [-0.4, -0.2) is 5.78 Å². The lowest BCUT2D eigenvalue weighted by molar-refractivity contribution is 0.103. The number of rotatable bonds is 2. The minimum atomic E-state index is -1.28. The molecule has 0 spiro atoms. The summed E-state index contributed by atoms with van der Waals surface area (Å²) in [6.07, 6.45) is 0. The van der Waals surface area contributed by atoms with Crippen LogP contribution in [0.5, 0.6) is 0 Å². The van der Waals surface area contributed by atoms with E-state index >= 15 is 0 Å². The molecule has 0 aliphatic carbocycles. The molecule has 1 nitrogen and oxygen atoms in total. The number of aryl methyl sites for hydroxylation is 1. The van der Waals surface area contributed by atoms with E-state index in [4.69, 9.17) is 11.6 Å². The molecule has 0 aliphatic rings. The summed E-state index contributed by atoms with van der Waals surface area (Å²) in [5.74, 6) is -5.36. The van der Waals surface area contributed by atoms with E-state index in [0.29, 0.717) is 18.2 Å². The van der Waals surface area contributed by atoms with Gasteiger partial charge in [-0.2, -0.15) is 0 Å². The minimum absolute atomic E-state index is 0.0495. The van der Waals surface area contributed by atoms with Crippen molar-refractivity contribution in [1.29, 1.82) is 0 Å². The molecule has 104 valence electrons. The molecule has 0 bridgehead atoms. The van der Waals surface area contributed by atoms with Crippen molar-refractivity contribution in [3.05, 3.63) is 69.2 Å². The lowest BCUT2D eigenvalue weighted by Gasteiger charge is -2.07. The molecule has 2 rings (SSSR count). The van der Waals surface area contributed by atoms with Gasteiger partial charge < -0.3 is 0 Å². The van der Waals surface area contributed by atoms with Crippen molar-refractivity contribution in [1.82, 2.24) is 0 Å². The fraction of sp³-hybridized carbons (Fsp3) is 0.0714. The van der Waals surface area contributed by atoms with Crippen molar-refractivity contribution in [3.8, 4) is 0 Å². The Morgan fingerprint density at radius 1 is 0.850 bits per heavy atom. The maximum absolute atomic E-state index is 13.6. The van der Waals surface area contributed by atoms with E-state index in [1.165, 1.54) is 6.92 Å². The molecule has 0 unspecified atom stereocenters. The number of carbonyl (C=O) groups excluding carboxylic acids is 1. The highest BCUT2D eigenvalue weighted by molar-refractivity contribution is 6.35. The monoisotopic (exact) mass is 302 g/mol. The van der Waals surface area contributed by atoms with Crippen molar-refractivity contribution in [2.45, 2.75) is 6.92 Å². The van der Waals surface area contributed by atoms with E-state index in [0.717, 1.165) is 6.07 Å². The first-order valence-electron chi connectivity index (χ1n) is 5.46. The fourth-order valence-corrected chi connectivity index (χ4v) is 1.91. The number of ketones is 1. The van der Waals surface area contributed by atoms with Crippen LogP contribution in [0.3, 0.4) is 0 Å². The van der Waals surface area contributed by atoms with E-state index < -0.39 is 40.2 Å². The van der Waals surface area contributed by atoms with Gasteiger partial charge in [0.05, 0.1) is 10.6 Å². The molecular formula is C14H7ClF4O. The molecule has 0 aliphatic heterocycles. The Kier molecular flexibility index (Phi) is 3.81. The maximum atomic E-state index is 13.6. The third-order valence-electron chi connectivity index (χ3n) is 2.75. The van der Waals surface area contributed by atoms with E-state index in [2.05, 4.69) is 0 Å². The molecule has 2 aromatic rings. The Labute approximate surface area is 116 Å². The summed E-state index contributed by atoms with van der Waals surface area (Å²) in [6, 6.07) is 2.75. The Morgan fingerprint density at radius 2 is 1.45 bits per heavy atom.